The van der Waals surface area contributed by atoms with Gasteiger partial charge in [0.2, 0.25) is 0 Å². The third kappa shape index (κ3) is 2.80. The van der Waals surface area contributed by atoms with Gasteiger partial charge in [-0.3, -0.25) is 8.37 Å². The molecule has 7 rings (SSSR count). The van der Waals surface area contributed by atoms with E-state index in [1.807, 2.05) is 13.8 Å². The molecule has 0 bridgehead atoms. The van der Waals surface area contributed by atoms with E-state index in [4.69, 9.17) is 8.37 Å². The Bertz CT molecular complexity index is 1220. The highest BCUT2D eigenvalue weighted by molar-refractivity contribution is 7.87. The molecule has 0 spiro atoms. The van der Waals surface area contributed by atoms with E-state index in [1.54, 1.807) is 48.5 Å². The van der Waals surface area contributed by atoms with Crippen molar-refractivity contribution in [2.45, 2.75) is 48.7 Å². The van der Waals surface area contributed by atoms with Crippen molar-refractivity contribution in [2.24, 2.45) is 47.3 Å². The van der Waals surface area contributed by atoms with Crippen LogP contribution in [0.5, 0.6) is 0 Å². The van der Waals surface area contributed by atoms with Crippen molar-refractivity contribution in [1.82, 2.24) is 0 Å². The van der Waals surface area contributed by atoms with Gasteiger partial charge in [-0.1, -0.05) is 35.4 Å². The van der Waals surface area contributed by atoms with Crippen LogP contribution >= 0.6 is 0 Å². The first-order valence-corrected chi connectivity index (χ1v) is 15.0. The largest absolute Gasteiger partial charge is 0.297 e. The average molecular weight is 501 g/mol. The van der Waals surface area contributed by atoms with Crippen molar-refractivity contribution in [3.05, 3.63) is 59.7 Å². The van der Waals surface area contributed by atoms with Crippen molar-refractivity contribution in [3.8, 4) is 0 Å². The van der Waals surface area contributed by atoms with E-state index in [0.717, 1.165) is 24.0 Å². The van der Waals surface area contributed by atoms with Gasteiger partial charge in [-0.25, -0.2) is 0 Å². The van der Waals surface area contributed by atoms with Gasteiger partial charge in [0.25, 0.3) is 20.2 Å². The molecule has 0 radical (unpaired) electrons. The summed E-state index contributed by atoms with van der Waals surface area (Å²) in [5.74, 6) is 2.43. The van der Waals surface area contributed by atoms with E-state index in [0.29, 0.717) is 23.7 Å². The average Bonchev–Trinajstić information content (AvgIpc) is 3.41. The smallest absolute Gasteiger partial charge is 0.262 e. The Balaban J connectivity index is 1.15. The molecule has 0 aromatic heterocycles. The molecule has 0 aliphatic heterocycles. The summed E-state index contributed by atoms with van der Waals surface area (Å²) in [5, 5.41) is 0. The standard InChI is InChI=1S/C26H28O6S2/c1-13-3-7-15(8-4-13)33(27,28)31-25-17-11-19-23-21(17)22-18(25)12-20(24(22)23)26(19)32-34(29,30)16-9-5-14(2)6-10-16/h3-10,17-26H,11-12H2,1-2H3/t17-,18+,19+,20-,21?,22?,23?,24?,25?,26?. The number of hydrogen-bond donors (Lipinski definition) is 0. The Labute approximate surface area is 200 Å². The van der Waals surface area contributed by atoms with E-state index in [9.17, 15) is 16.8 Å². The number of rotatable bonds is 6. The molecule has 0 saturated heterocycles. The molecule has 5 aliphatic carbocycles. The van der Waals surface area contributed by atoms with Crippen LogP contribution in [0.15, 0.2) is 58.3 Å². The van der Waals surface area contributed by atoms with Crippen LogP contribution in [-0.2, 0) is 28.6 Å². The first-order valence-electron chi connectivity index (χ1n) is 12.2. The lowest BCUT2D eigenvalue weighted by Crippen LogP contribution is -2.41. The third-order valence-electron chi connectivity index (χ3n) is 9.63. The van der Waals surface area contributed by atoms with Gasteiger partial charge in [0.1, 0.15) is 0 Å². The van der Waals surface area contributed by atoms with Crippen LogP contribution in [0.2, 0.25) is 0 Å². The minimum atomic E-state index is -3.84. The lowest BCUT2D eigenvalue weighted by molar-refractivity contribution is 0.0202. The van der Waals surface area contributed by atoms with Crippen LogP contribution in [0, 0.1) is 61.2 Å². The molecular weight excluding hydrogens is 472 g/mol. The van der Waals surface area contributed by atoms with E-state index in [1.165, 1.54) is 0 Å². The van der Waals surface area contributed by atoms with Gasteiger partial charge in [-0.05, 0) is 98.3 Å². The Morgan fingerprint density at radius 1 is 0.559 bits per heavy atom. The summed E-state index contributed by atoms with van der Waals surface area (Å²) in [6, 6.07) is 13.6. The molecular formula is C26H28O6S2. The van der Waals surface area contributed by atoms with Gasteiger partial charge < -0.3 is 0 Å². The quantitative estimate of drug-likeness (QED) is 0.559. The Morgan fingerprint density at radius 3 is 1.15 bits per heavy atom. The Morgan fingerprint density at radius 2 is 0.853 bits per heavy atom. The number of benzene rings is 2. The van der Waals surface area contributed by atoms with Gasteiger partial charge in [0, 0.05) is 0 Å². The molecule has 2 aromatic rings. The summed E-state index contributed by atoms with van der Waals surface area (Å²) in [4.78, 5) is 0.411. The van der Waals surface area contributed by atoms with E-state index in [-0.39, 0.29) is 45.7 Å². The second-order valence-electron chi connectivity index (χ2n) is 11.1. The summed E-state index contributed by atoms with van der Waals surface area (Å²) in [6.07, 6.45) is 0.964. The highest BCUT2D eigenvalue weighted by Gasteiger charge is 2.80. The molecule has 0 amide bonds. The fraction of sp³-hybridized carbons (Fsp3) is 0.538. The lowest BCUT2D eigenvalue weighted by Gasteiger charge is -2.44. The van der Waals surface area contributed by atoms with Gasteiger partial charge in [-0.2, -0.15) is 16.8 Å². The maximum Gasteiger partial charge on any atom is 0.297 e. The van der Waals surface area contributed by atoms with Crippen LogP contribution in [0.3, 0.4) is 0 Å². The molecule has 5 saturated carbocycles. The molecule has 0 N–H and O–H groups in total. The summed E-state index contributed by atoms with van der Waals surface area (Å²) < 4.78 is 64.3. The molecule has 2 unspecified atom stereocenters. The number of hydrogen-bond acceptors (Lipinski definition) is 6. The normalized spacial score (nSPS) is 41.1. The first-order chi connectivity index (χ1) is 16.2. The van der Waals surface area contributed by atoms with Crippen LogP contribution in [0.1, 0.15) is 24.0 Å². The highest BCUT2D eigenvalue weighted by Crippen LogP contribution is 2.80. The lowest BCUT2D eigenvalue weighted by atomic mass is 9.60. The Kier molecular flexibility index (Phi) is 4.39. The molecule has 0 heterocycles. The fourth-order valence-corrected chi connectivity index (χ4v) is 10.9. The van der Waals surface area contributed by atoms with Gasteiger partial charge >= 0.3 is 0 Å². The zero-order chi connectivity index (χ0) is 23.6. The minimum absolute atomic E-state index is 0.163. The van der Waals surface area contributed by atoms with E-state index in [2.05, 4.69) is 0 Å². The predicted octanol–water partition coefficient (Wildman–Crippen LogP) is 3.93. The summed E-state index contributed by atoms with van der Waals surface area (Å²) in [7, 11) is -7.68. The molecule has 5 aliphatic rings. The van der Waals surface area contributed by atoms with Gasteiger partial charge in [0.15, 0.2) is 0 Å². The highest BCUT2D eigenvalue weighted by atomic mass is 32.2. The van der Waals surface area contributed by atoms with E-state index < -0.39 is 20.2 Å². The molecule has 180 valence electrons. The van der Waals surface area contributed by atoms with Crippen LogP contribution in [0.25, 0.3) is 0 Å². The molecule has 5 fully saturated rings. The van der Waals surface area contributed by atoms with Crippen molar-refractivity contribution < 1.29 is 25.2 Å². The van der Waals surface area contributed by atoms with E-state index >= 15 is 0 Å². The van der Waals surface area contributed by atoms with Crippen LogP contribution in [-0.4, -0.2) is 29.0 Å². The second kappa shape index (κ2) is 6.93. The molecule has 34 heavy (non-hydrogen) atoms. The maximum atomic E-state index is 13.1. The maximum absolute atomic E-state index is 13.1. The summed E-state index contributed by atoms with van der Waals surface area (Å²) in [6.45, 7) is 3.85. The van der Waals surface area contributed by atoms with Crippen LogP contribution < -0.4 is 0 Å². The van der Waals surface area contributed by atoms with Gasteiger partial charge in [0.05, 0.1) is 22.0 Å². The molecule has 8 heteroatoms. The van der Waals surface area contributed by atoms with Crippen molar-refractivity contribution >= 4 is 20.2 Å². The monoisotopic (exact) mass is 500 g/mol. The first kappa shape index (κ1) is 21.5. The SMILES string of the molecule is Cc1ccc(S(=O)(=O)OC2[C@@H]3C[C@H]4C5C3C3C5[C@@H](C[C@@H]32)C4OS(=O)(=O)c2ccc(C)cc2)cc1. The van der Waals surface area contributed by atoms with Gasteiger partial charge in [-0.15, -0.1) is 0 Å². The number of aryl methyl sites for hydroxylation is 2. The molecule has 6 nitrogen and oxygen atoms in total. The fourth-order valence-electron chi connectivity index (χ4n) is 8.57. The second-order valence-corrected chi connectivity index (χ2v) is 14.2. The molecule has 6 atom stereocenters. The van der Waals surface area contributed by atoms with Crippen molar-refractivity contribution in [1.29, 1.82) is 0 Å². The van der Waals surface area contributed by atoms with Crippen molar-refractivity contribution in [2.75, 3.05) is 0 Å². The Hall–Kier alpha value is -1.74. The van der Waals surface area contributed by atoms with Crippen molar-refractivity contribution in [3.63, 3.8) is 0 Å². The van der Waals surface area contributed by atoms with Crippen LogP contribution in [0.4, 0.5) is 0 Å². The molecule has 2 aromatic carbocycles. The predicted molar refractivity (Wildman–Crippen MR) is 124 cm³/mol. The third-order valence-corrected chi connectivity index (χ3v) is 12.3. The zero-order valence-corrected chi connectivity index (χ0v) is 20.7. The minimum Gasteiger partial charge on any atom is -0.262 e. The topological polar surface area (TPSA) is 86.7 Å². The summed E-state index contributed by atoms with van der Waals surface area (Å²) in [5.41, 5.74) is 2.00. The summed E-state index contributed by atoms with van der Waals surface area (Å²) >= 11 is 0. The zero-order valence-electron chi connectivity index (χ0n) is 19.1.